The highest BCUT2D eigenvalue weighted by Gasteiger charge is 2.15. The third-order valence-corrected chi connectivity index (χ3v) is 14.2. The van der Waals surface area contributed by atoms with Gasteiger partial charge < -0.3 is 9.80 Å². The summed E-state index contributed by atoms with van der Waals surface area (Å²) < 4.78 is 0. The van der Waals surface area contributed by atoms with Crippen LogP contribution in [0.4, 0.5) is 0 Å². The number of hydrogen-bond acceptors (Lipinski definition) is 6. The van der Waals surface area contributed by atoms with Gasteiger partial charge in [-0.15, -0.1) is 0 Å². The Bertz CT molecular complexity index is 805. The fraction of sp³-hybridized carbons (Fsp3) is 0.959. The first-order valence-electron chi connectivity index (χ1n) is 24.9. The Hall–Kier alpha value is -0.0400. The zero-order valence-electron chi connectivity index (χ0n) is 37.5. The molecule has 1 saturated heterocycles. The van der Waals surface area contributed by atoms with Crippen LogP contribution >= 0.6 is 23.5 Å². The van der Waals surface area contributed by atoms with E-state index in [1.165, 1.54) is 245 Å². The van der Waals surface area contributed by atoms with Crippen LogP contribution in [0.25, 0.3) is 0 Å². The Morgan fingerprint density at radius 2 is 0.873 bits per heavy atom. The van der Waals surface area contributed by atoms with Crippen molar-refractivity contribution in [3.63, 3.8) is 0 Å². The number of unbranched alkanes of at least 4 members (excludes halogenated alkanes) is 24. The summed E-state index contributed by atoms with van der Waals surface area (Å²) in [5, 5.41) is 1.45. The molecule has 55 heavy (non-hydrogen) atoms. The predicted octanol–water partition coefficient (Wildman–Crippen LogP) is 15.6. The molecule has 0 saturated carbocycles. The highest BCUT2D eigenvalue weighted by molar-refractivity contribution is 8.14. The number of thioether (sulfide) groups is 2. The normalized spacial score (nSPS) is 13.5. The van der Waals surface area contributed by atoms with Gasteiger partial charge in [0.1, 0.15) is 0 Å². The lowest BCUT2D eigenvalue weighted by atomic mass is 10.0. The van der Waals surface area contributed by atoms with Crippen LogP contribution in [0.15, 0.2) is 0 Å². The second kappa shape index (κ2) is 42.1. The maximum atomic E-state index is 13.0. The first kappa shape index (κ1) is 53.0. The van der Waals surface area contributed by atoms with Crippen LogP contribution in [0.3, 0.4) is 0 Å². The van der Waals surface area contributed by atoms with Gasteiger partial charge >= 0.3 is 0 Å². The predicted molar refractivity (Wildman–Crippen MR) is 250 cm³/mol. The third kappa shape index (κ3) is 36.8. The number of nitrogens with zero attached hydrogens (tertiary/aromatic N) is 2. The maximum absolute atomic E-state index is 13.0. The molecule has 1 aliphatic heterocycles. The van der Waals surface area contributed by atoms with Crippen molar-refractivity contribution in [1.82, 2.24) is 9.80 Å². The van der Waals surface area contributed by atoms with Crippen LogP contribution in [0.1, 0.15) is 252 Å². The topological polar surface area (TPSA) is 40.6 Å². The highest BCUT2D eigenvalue weighted by atomic mass is 32.2. The molecule has 1 rings (SSSR count). The minimum Gasteiger partial charge on any atom is -0.303 e. The number of carbonyl (C=O) groups excluding carboxylic acids is 2. The lowest BCUT2D eigenvalue weighted by molar-refractivity contribution is -0.111. The molecule has 0 N–H and O–H groups in total. The monoisotopic (exact) mass is 809 g/mol. The van der Waals surface area contributed by atoms with Crippen molar-refractivity contribution in [3.05, 3.63) is 0 Å². The van der Waals surface area contributed by atoms with Gasteiger partial charge in [-0.3, -0.25) is 9.59 Å². The molecule has 0 radical (unpaired) electrons. The summed E-state index contributed by atoms with van der Waals surface area (Å²) in [6, 6.07) is 0. The van der Waals surface area contributed by atoms with Crippen molar-refractivity contribution in [2.24, 2.45) is 0 Å². The van der Waals surface area contributed by atoms with Gasteiger partial charge in [-0.1, -0.05) is 198 Å². The van der Waals surface area contributed by atoms with Crippen LogP contribution in [0.5, 0.6) is 0 Å². The van der Waals surface area contributed by atoms with Gasteiger partial charge in [0.15, 0.2) is 10.2 Å². The third-order valence-electron chi connectivity index (χ3n) is 11.9. The first-order chi connectivity index (χ1) is 27.1. The first-order valence-corrected chi connectivity index (χ1v) is 26.7. The zero-order valence-corrected chi connectivity index (χ0v) is 39.1. The van der Waals surface area contributed by atoms with E-state index in [1.54, 1.807) is 23.5 Å². The van der Waals surface area contributed by atoms with Crippen molar-refractivity contribution < 1.29 is 9.59 Å². The van der Waals surface area contributed by atoms with Gasteiger partial charge in [0.25, 0.3) is 0 Å². The summed E-state index contributed by atoms with van der Waals surface area (Å²) >= 11 is 3.32. The van der Waals surface area contributed by atoms with E-state index in [0.717, 1.165) is 31.4 Å². The fourth-order valence-electron chi connectivity index (χ4n) is 8.26. The average molecular weight is 809 g/mol. The van der Waals surface area contributed by atoms with E-state index in [0.29, 0.717) is 15.5 Å². The van der Waals surface area contributed by atoms with Gasteiger partial charge in [0.2, 0.25) is 0 Å². The molecule has 0 spiro atoms. The second-order valence-electron chi connectivity index (χ2n) is 17.3. The summed E-state index contributed by atoms with van der Waals surface area (Å²) in [6.45, 7) is 14.5. The lowest BCUT2D eigenvalue weighted by Gasteiger charge is -2.24. The zero-order chi connectivity index (χ0) is 39.7. The van der Waals surface area contributed by atoms with Gasteiger partial charge in [-0.05, 0) is 103 Å². The Labute approximate surface area is 353 Å². The molecule has 0 bridgehead atoms. The van der Waals surface area contributed by atoms with Crippen molar-refractivity contribution >= 4 is 33.8 Å². The molecule has 1 fully saturated rings. The SMILES string of the molecule is CCCCCCCCCC(=O)SCCCCCCCN(CCCCCCCC(=O)SC(CCCCCCCC)CCCCCCCC)CCCN1CCCC1. The van der Waals surface area contributed by atoms with E-state index in [1.807, 2.05) is 0 Å². The van der Waals surface area contributed by atoms with E-state index in [2.05, 4.69) is 30.6 Å². The van der Waals surface area contributed by atoms with E-state index in [9.17, 15) is 9.59 Å². The molecule has 1 aliphatic rings. The van der Waals surface area contributed by atoms with Crippen LogP contribution in [-0.4, -0.2) is 70.3 Å². The lowest BCUT2D eigenvalue weighted by Crippen LogP contribution is -2.30. The molecule has 0 aliphatic carbocycles. The number of hydrogen-bond donors (Lipinski definition) is 0. The van der Waals surface area contributed by atoms with Crippen LogP contribution in [0.2, 0.25) is 0 Å². The van der Waals surface area contributed by atoms with Crippen molar-refractivity contribution in [1.29, 1.82) is 0 Å². The van der Waals surface area contributed by atoms with Gasteiger partial charge in [-0.2, -0.15) is 0 Å². The van der Waals surface area contributed by atoms with E-state index < -0.39 is 0 Å². The van der Waals surface area contributed by atoms with Crippen LogP contribution in [-0.2, 0) is 9.59 Å². The van der Waals surface area contributed by atoms with Crippen molar-refractivity contribution in [2.45, 2.75) is 257 Å². The number of likely N-dealkylation sites (tertiary alicyclic amines) is 1. The number of carbonyl (C=O) groups is 2. The molecule has 1 heterocycles. The van der Waals surface area contributed by atoms with Crippen molar-refractivity contribution in [2.75, 3.05) is 45.0 Å². The Morgan fingerprint density at radius 1 is 0.473 bits per heavy atom. The minimum absolute atomic E-state index is 0.423. The summed E-state index contributed by atoms with van der Waals surface area (Å²) in [6.07, 6.45) is 45.9. The summed E-state index contributed by atoms with van der Waals surface area (Å²) in [4.78, 5) is 30.7. The molecule has 0 aromatic rings. The molecule has 0 atom stereocenters. The fourth-order valence-corrected chi connectivity index (χ4v) is 10.3. The largest absolute Gasteiger partial charge is 0.303 e. The molecular weight excluding hydrogens is 713 g/mol. The van der Waals surface area contributed by atoms with E-state index >= 15 is 0 Å². The summed E-state index contributed by atoms with van der Waals surface area (Å²) in [5.41, 5.74) is 0. The van der Waals surface area contributed by atoms with E-state index in [4.69, 9.17) is 0 Å². The van der Waals surface area contributed by atoms with Gasteiger partial charge in [0, 0.05) is 23.8 Å². The smallest absolute Gasteiger partial charge is 0.189 e. The summed E-state index contributed by atoms with van der Waals surface area (Å²) in [7, 11) is 0. The Balaban J connectivity index is 2.22. The second-order valence-corrected chi connectivity index (χ2v) is 19.9. The van der Waals surface area contributed by atoms with Crippen LogP contribution in [0, 0.1) is 0 Å². The average Bonchev–Trinajstić information content (AvgIpc) is 3.71. The molecule has 0 aromatic carbocycles. The maximum Gasteiger partial charge on any atom is 0.189 e. The Morgan fingerprint density at radius 3 is 1.38 bits per heavy atom. The van der Waals surface area contributed by atoms with E-state index in [-0.39, 0.29) is 0 Å². The number of rotatable bonds is 43. The quantitative estimate of drug-likeness (QED) is 0.0572. The van der Waals surface area contributed by atoms with Crippen LogP contribution < -0.4 is 0 Å². The molecule has 6 heteroatoms. The molecule has 0 amide bonds. The van der Waals surface area contributed by atoms with Gasteiger partial charge in [-0.25, -0.2) is 0 Å². The molecular formula is C49H96N2O2S2. The minimum atomic E-state index is 0.423. The molecule has 326 valence electrons. The standard InChI is InChI=1S/C49H96N2O2S2/c1-4-7-10-13-16-21-28-38-48(52)54-46-34-25-18-24-31-41-50(44-35-45-51-42-32-33-43-51)40-30-23-17-22-29-39-49(53)55-47(36-26-19-14-11-8-5-2)37-27-20-15-12-9-6-3/h47H,4-46H2,1-3H3. The van der Waals surface area contributed by atoms with Crippen molar-refractivity contribution in [3.8, 4) is 0 Å². The molecule has 4 nitrogen and oxygen atoms in total. The Kier molecular flexibility index (Phi) is 40.5. The summed E-state index contributed by atoms with van der Waals surface area (Å²) in [5.74, 6) is 1.02. The van der Waals surface area contributed by atoms with Gasteiger partial charge in [0.05, 0.1) is 0 Å². The molecule has 0 unspecified atom stereocenters. The highest BCUT2D eigenvalue weighted by Crippen LogP contribution is 2.27. The molecule has 0 aromatic heterocycles.